The number of nitriles is 1. The minimum Gasteiger partial charge on any atom is -0.293 e. The van der Waals surface area contributed by atoms with Crippen molar-refractivity contribution in [2.75, 3.05) is 0 Å². The Bertz CT molecular complexity index is 474. The Kier molecular flexibility index (Phi) is 4.06. The van der Waals surface area contributed by atoms with Crippen LogP contribution in [-0.2, 0) is 4.79 Å². The third kappa shape index (κ3) is 3.29. The molecule has 0 unspecified atom stereocenters. The van der Waals surface area contributed by atoms with Crippen molar-refractivity contribution >= 4 is 39.1 Å². The van der Waals surface area contributed by atoms with E-state index in [2.05, 4.69) is 15.9 Å². The van der Waals surface area contributed by atoms with Crippen molar-refractivity contribution in [3.05, 3.63) is 26.4 Å². The van der Waals surface area contributed by atoms with Gasteiger partial charge in [0.1, 0.15) is 6.07 Å². The molecular formula is C12H12BrNOS. The molecule has 1 aromatic rings. The van der Waals surface area contributed by atoms with Crippen LogP contribution in [0.1, 0.15) is 25.6 Å². The summed E-state index contributed by atoms with van der Waals surface area (Å²) in [6.07, 6.45) is 1.64. The summed E-state index contributed by atoms with van der Waals surface area (Å²) < 4.78 is 0.985. The molecule has 0 atom stereocenters. The summed E-state index contributed by atoms with van der Waals surface area (Å²) in [6, 6.07) is 5.74. The molecule has 16 heavy (non-hydrogen) atoms. The maximum Gasteiger partial charge on any atom is 0.178 e. The molecular weight excluding hydrogens is 286 g/mol. The molecule has 4 heteroatoms. The van der Waals surface area contributed by atoms with Crippen molar-refractivity contribution in [3.63, 3.8) is 0 Å². The third-order valence-corrected chi connectivity index (χ3v) is 3.50. The van der Waals surface area contributed by atoms with E-state index in [0.717, 1.165) is 8.66 Å². The molecule has 2 nitrogen and oxygen atoms in total. The monoisotopic (exact) mass is 297 g/mol. The molecule has 0 N–H and O–H groups in total. The van der Waals surface area contributed by atoms with Crippen LogP contribution < -0.4 is 0 Å². The largest absolute Gasteiger partial charge is 0.293 e. The van der Waals surface area contributed by atoms with Gasteiger partial charge in [-0.15, -0.1) is 11.3 Å². The second kappa shape index (κ2) is 4.94. The van der Waals surface area contributed by atoms with Gasteiger partial charge < -0.3 is 0 Å². The molecule has 0 amide bonds. The fourth-order valence-corrected chi connectivity index (χ4v) is 2.47. The smallest absolute Gasteiger partial charge is 0.178 e. The topological polar surface area (TPSA) is 40.9 Å². The molecule has 0 fully saturated rings. The number of rotatable bonds is 2. The van der Waals surface area contributed by atoms with E-state index < -0.39 is 5.41 Å². The first kappa shape index (κ1) is 13.1. The lowest BCUT2D eigenvalue weighted by Crippen LogP contribution is -2.21. The minimum absolute atomic E-state index is 0.125. The van der Waals surface area contributed by atoms with Crippen molar-refractivity contribution in [1.29, 1.82) is 5.26 Å². The molecule has 1 heterocycles. The molecule has 1 aromatic heterocycles. The van der Waals surface area contributed by atoms with Crippen molar-refractivity contribution in [2.24, 2.45) is 5.41 Å². The molecule has 0 aliphatic heterocycles. The lowest BCUT2D eigenvalue weighted by atomic mass is 9.86. The van der Waals surface area contributed by atoms with Gasteiger partial charge in [0.2, 0.25) is 0 Å². The first-order valence-corrected chi connectivity index (χ1v) is 6.37. The number of carbonyl (C=O) groups is 1. The Balaban J connectivity index is 3.05. The Labute approximate surface area is 108 Å². The fourth-order valence-electron chi connectivity index (χ4n) is 1.10. The Morgan fingerprint density at radius 3 is 2.50 bits per heavy atom. The number of hydrogen-bond acceptors (Lipinski definition) is 3. The van der Waals surface area contributed by atoms with Gasteiger partial charge in [0.15, 0.2) is 5.78 Å². The van der Waals surface area contributed by atoms with Crippen LogP contribution in [0.15, 0.2) is 21.5 Å². The number of allylic oxidation sites excluding steroid dienone is 1. The molecule has 0 spiro atoms. The highest BCUT2D eigenvalue weighted by molar-refractivity contribution is 9.11. The fraction of sp³-hybridized carbons (Fsp3) is 0.333. The Hall–Kier alpha value is -0.920. The molecule has 0 saturated heterocycles. The number of carbonyl (C=O) groups excluding carboxylic acids is 1. The quantitative estimate of drug-likeness (QED) is 0.611. The second-order valence-electron chi connectivity index (χ2n) is 4.39. The van der Waals surface area contributed by atoms with Crippen LogP contribution in [0.5, 0.6) is 0 Å². The standard InChI is InChI=1S/C12H12BrNOS/c1-12(2,3)11(15)8(7-14)6-9-4-5-10(13)16-9/h4-6H,1-3H3/b8-6-. The van der Waals surface area contributed by atoms with E-state index in [1.807, 2.05) is 39.0 Å². The lowest BCUT2D eigenvalue weighted by molar-refractivity contribution is -0.121. The first-order valence-electron chi connectivity index (χ1n) is 4.76. The van der Waals surface area contributed by atoms with Gasteiger partial charge in [-0.3, -0.25) is 4.79 Å². The molecule has 0 radical (unpaired) electrons. The number of hydrogen-bond donors (Lipinski definition) is 0. The summed E-state index contributed by atoms with van der Waals surface area (Å²) in [5.41, 5.74) is -0.308. The maximum atomic E-state index is 11.9. The highest BCUT2D eigenvalue weighted by atomic mass is 79.9. The summed E-state index contributed by atoms with van der Waals surface area (Å²) in [6.45, 7) is 5.43. The number of nitrogens with zero attached hydrogens (tertiary/aromatic N) is 1. The van der Waals surface area contributed by atoms with Crippen LogP contribution in [0.3, 0.4) is 0 Å². The van der Waals surface area contributed by atoms with Gasteiger partial charge in [-0.1, -0.05) is 20.8 Å². The van der Waals surface area contributed by atoms with Gasteiger partial charge >= 0.3 is 0 Å². The second-order valence-corrected chi connectivity index (χ2v) is 6.89. The van der Waals surface area contributed by atoms with E-state index in [-0.39, 0.29) is 11.4 Å². The van der Waals surface area contributed by atoms with Crippen LogP contribution in [0.4, 0.5) is 0 Å². The average molecular weight is 298 g/mol. The van der Waals surface area contributed by atoms with Gasteiger partial charge in [-0.05, 0) is 34.1 Å². The number of Topliss-reactive ketones (excluding diaryl/α,β-unsaturated/α-hetero) is 1. The van der Waals surface area contributed by atoms with E-state index in [0.29, 0.717) is 0 Å². The summed E-state index contributed by atoms with van der Waals surface area (Å²) in [7, 11) is 0. The SMILES string of the molecule is CC(C)(C)C(=O)/C(C#N)=C\c1ccc(Br)s1. The number of thiophene rings is 1. The van der Waals surface area contributed by atoms with Crippen molar-refractivity contribution in [1.82, 2.24) is 0 Å². The highest BCUT2D eigenvalue weighted by Crippen LogP contribution is 2.26. The Morgan fingerprint density at radius 1 is 1.50 bits per heavy atom. The molecule has 0 bridgehead atoms. The maximum absolute atomic E-state index is 11.9. The van der Waals surface area contributed by atoms with Crippen LogP contribution in [0.2, 0.25) is 0 Å². The highest BCUT2D eigenvalue weighted by Gasteiger charge is 2.24. The van der Waals surface area contributed by atoms with E-state index in [4.69, 9.17) is 5.26 Å². The van der Waals surface area contributed by atoms with E-state index in [1.165, 1.54) is 11.3 Å². The molecule has 84 valence electrons. The van der Waals surface area contributed by atoms with E-state index in [1.54, 1.807) is 6.08 Å². The first-order chi connectivity index (χ1) is 7.34. The van der Waals surface area contributed by atoms with Crippen LogP contribution in [-0.4, -0.2) is 5.78 Å². The van der Waals surface area contributed by atoms with Crippen molar-refractivity contribution in [3.8, 4) is 6.07 Å². The predicted octanol–water partition coefficient (Wildman–Crippen LogP) is 4.03. The van der Waals surface area contributed by atoms with Crippen LogP contribution in [0.25, 0.3) is 6.08 Å². The summed E-state index contributed by atoms with van der Waals surface area (Å²) in [4.78, 5) is 12.8. The van der Waals surface area contributed by atoms with Gasteiger partial charge in [-0.2, -0.15) is 5.26 Å². The van der Waals surface area contributed by atoms with Gasteiger partial charge in [0, 0.05) is 10.3 Å². The summed E-state index contributed by atoms with van der Waals surface area (Å²) in [5, 5.41) is 8.98. The summed E-state index contributed by atoms with van der Waals surface area (Å²) in [5.74, 6) is -0.125. The molecule has 0 aromatic carbocycles. The predicted molar refractivity (Wildman–Crippen MR) is 70.1 cm³/mol. The molecule has 0 saturated carbocycles. The van der Waals surface area contributed by atoms with Gasteiger partial charge in [0.25, 0.3) is 0 Å². The zero-order valence-corrected chi connectivity index (χ0v) is 11.8. The zero-order valence-electron chi connectivity index (χ0n) is 9.37. The third-order valence-electron chi connectivity index (χ3n) is 1.93. The Morgan fingerprint density at radius 2 is 2.12 bits per heavy atom. The minimum atomic E-state index is -0.518. The van der Waals surface area contributed by atoms with E-state index in [9.17, 15) is 4.79 Å². The normalized spacial score (nSPS) is 12.3. The lowest BCUT2D eigenvalue weighted by Gasteiger charge is -2.15. The zero-order chi connectivity index (χ0) is 12.3. The molecule has 0 aliphatic rings. The molecule has 0 aliphatic carbocycles. The van der Waals surface area contributed by atoms with E-state index >= 15 is 0 Å². The number of halogens is 1. The number of ketones is 1. The summed E-state index contributed by atoms with van der Waals surface area (Å²) >= 11 is 4.84. The van der Waals surface area contributed by atoms with Crippen LogP contribution >= 0.6 is 27.3 Å². The van der Waals surface area contributed by atoms with Crippen LogP contribution in [0, 0.1) is 16.7 Å². The van der Waals surface area contributed by atoms with Gasteiger partial charge in [-0.25, -0.2) is 0 Å². The van der Waals surface area contributed by atoms with Crippen molar-refractivity contribution < 1.29 is 4.79 Å². The average Bonchev–Trinajstić information content (AvgIpc) is 2.58. The molecule has 1 rings (SSSR count). The van der Waals surface area contributed by atoms with Gasteiger partial charge in [0.05, 0.1) is 9.36 Å². The van der Waals surface area contributed by atoms with Crippen molar-refractivity contribution in [2.45, 2.75) is 20.8 Å².